The molecule has 3 heteroatoms. The highest BCUT2D eigenvalue weighted by molar-refractivity contribution is 5.78. The van der Waals surface area contributed by atoms with Crippen LogP contribution in [0, 0.1) is 0 Å². The molecule has 0 N–H and O–H groups in total. The average molecular weight is 294 g/mol. The first-order valence-corrected chi connectivity index (χ1v) is 7.39. The third-order valence-corrected chi connectivity index (χ3v) is 3.96. The molecule has 0 fully saturated rings. The van der Waals surface area contributed by atoms with E-state index < -0.39 is 0 Å². The minimum absolute atomic E-state index is 0.0453. The summed E-state index contributed by atoms with van der Waals surface area (Å²) in [4.78, 5) is 12.4. The fourth-order valence-electron chi connectivity index (χ4n) is 2.80. The van der Waals surface area contributed by atoms with Crippen molar-refractivity contribution in [3.05, 3.63) is 76.1 Å². The molecule has 22 heavy (non-hydrogen) atoms. The van der Waals surface area contributed by atoms with Crippen LogP contribution in [0.25, 0.3) is 11.0 Å². The first-order chi connectivity index (χ1) is 10.7. The van der Waals surface area contributed by atoms with Gasteiger partial charge in [0.15, 0.2) is 0 Å². The molecule has 1 atom stereocenters. The maximum atomic E-state index is 12.4. The van der Waals surface area contributed by atoms with Gasteiger partial charge in [-0.3, -0.25) is 0 Å². The van der Waals surface area contributed by atoms with Crippen LogP contribution in [0.3, 0.4) is 0 Å². The monoisotopic (exact) mass is 294 g/mol. The van der Waals surface area contributed by atoms with Crippen molar-refractivity contribution in [2.75, 3.05) is 7.11 Å². The van der Waals surface area contributed by atoms with Crippen molar-refractivity contribution in [2.24, 2.45) is 0 Å². The lowest BCUT2D eigenvalue weighted by Crippen LogP contribution is -2.13. The van der Waals surface area contributed by atoms with Crippen molar-refractivity contribution in [1.82, 2.24) is 0 Å². The van der Waals surface area contributed by atoms with Crippen LogP contribution in [0.5, 0.6) is 5.75 Å². The zero-order valence-electron chi connectivity index (χ0n) is 12.7. The van der Waals surface area contributed by atoms with Crippen molar-refractivity contribution < 1.29 is 9.15 Å². The largest absolute Gasteiger partial charge is 0.497 e. The Kier molecular flexibility index (Phi) is 3.96. The van der Waals surface area contributed by atoms with E-state index in [0.717, 1.165) is 17.4 Å². The molecule has 0 amide bonds. The summed E-state index contributed by atoms with van der Waals surface area (Å²) >= 11 is 0. The molecule has 1 unspecified atom stereocenters. The van der Waals surface area contributed by atoms with Gasteiger partial charge in [-0.25, -0.2) is 4.79 Å². The molecule has 112 valence electrons. The van der Waals surface area contributed by atoms with Crippen LogP contribution < -0.4 is 10.4 Å². The third-order valence-electron chi connectivity index (χ3n) is 3.96. The minimum Gasteiger partial charge on any atom is -0.497 e. The number of ether oxygens (including phenoxy) is 1. The smallest absolute Gasteiger partial charge is 0.340 e. The Labute approximate surface area is 129 Å². The van der Waals surface area contributed by atoms with Gasteiger partial charge >= 0.3 is 5.63 Å². The van der Waals surface area contributed by atoms with E-state index in [1.807, 2.05) is 48.5 Å². The van der Waals surface area contributed by atoms with Crippen LogP contribution in [-0.4, -0.2) is 7.11 Å². The molecular formula is C19H18O3. The lowest BCUT2D eigenvalue weighted by Gasteiger charge is -2.15. The van der Waals surface area contributed by atoms with Gasteiger partial charge in [-0.1, -0.05) is 37.3 Å². The molecule has 0 spiro atoms. The number of hydrogen-bond donors (Lipinski definition) is 0. The number of methoxy groups -OCH3 is 1. The zero-order valence-corrected chi connectivity index (χ0v) is 12.7. The Morgan fingerprint density at radius 2 is 1.86 bits per heavy atom. The van der Waals surface area contributed by atoms with Gasteiger partial charge in [0.1, 0.15) is 11.3 Å². The Bertz CT molecular complexity index is 834. The molecule has 0 bridgehead atoms. The van der Waals surface area contributed by atoms with Gasteiger partial charge in [0, 0.05) is 22.9 Å². The average Bonchev–Trinajstić information content (AvgIpc) is 2.56. The first-order valence-electron chi connectivity index (χ1n) is 7.39. The zero-order chi connectivity index (χ0) is 15.5. The van der Waals surface area contributed by atoms with E-state index in [1.54, 1.807) is 13.2 Å². The van der Waals surface area contributed by atoms with E-state index in [0.29, 0.717) is 16.9 Å². The van der Waals surface area contributed by atoms with Gasteiger partial charge in [-0.2, -0.15) is 0 Å². The molecule has 0 radical (unpaired) electrons. The van der Waals surface area contributed by atoms with Crippen LogP contribution in [0.15, 0.2) is 63.8 Å². The summed E-state index contributed by atoms with van der Waals surface area (Å²) in [5.74, 6) is 0.724. The molecule has 3 aromatic rings. The maximum absolute atomic E-state index is 12.4. The number of fused-ring (bicyclic) bond motifs is 1. The van der Waals surface area contributed by atoms with Crippen LogP contribution >= 0.6 is 0 Å². The van der Waals surface area contributed by atoms with Gasteiger partial charge in [-0.15, -0.1) is 0 Å². The van der Waals surface area contributed by atoms with E-state index in [1.165, 1.54) is 0 Å². The number of benzene rings is 2. The highest BCUT2D eigenvalue weighted by Crippen LogP contribution is 2.28. The van der Waals surface area contributed by atoms with Gasteiger partial charge in [0.05, 0.1) is 7.11 Å². The van der Waals surface area contributed by atoms with Crippen LogP contribution in [0.2, 0.25) is 0 Å². The number of rotatable bonds is 4. The first kappa shape index (κ1) is 14.4. The molecule has 0 aliphatic carbocycles. The van der Waals surface area contributed by atoms with E-state index in [9.17, 15) is 4.79 Å². The summed E-state index contributed by atoms with van der Waals surface area (Å²) in [6, 6.07) is 17.5. The second kappa shape index (κ2) is 6.06. The maximum Gasteiger partial charge on any atom is 0.340 e. The summed E-state index contributed by atoms with van der Waals surface area (Å²) in [5.41, 5.74) is 2.10. The van der Waals surface area contributed by atoms with Crippen LogP contribution in [0.1, 0.15) is 30.4 Å². The van der Waals surface area contributed by atoms with Gasteiger partial charge in [0.2, 0.25) is 0 Å². The molecule has 1 heterocycles. The van der Waals surface area contributed by atoms with Crippen molar-refractivity contribution in [1.29, 1.82) is 0 Å². The van der Waals surface area contributed by atoms with E-state index >= 15 is 0 Å². The molecule has 1 aromatic heterocycles. The Hall–Kier alpha value is -2.55. The van der Waals surface area contributed by atoms with E-state index in [4.69, 9.17) is 9.15 Å². The Balaban J connectivity index is 2.14. The quantitative estimate of drug-likeness (QED) is 0.672. The SMILES string of the molecule is CCC(c1ccccc1)c1cc2ccc(OC)cc2oc1=O. The number of hydrogen-bond acceptors (Lipinski definition) is 3. The van der Waals surface area contributed by atoms with Gasteiger partial charge in [0.25, 0.3) is 0 Å². The predicted octanol–water partition coefficient (Wildman–Crippen LogP) is 4.34. The second-order valence-electron chi connectivity index (χ2n) is 5.26. The molecule has 3 rings (SSSR count). The van der Waals surface area contributed by atoms with Crippen molar-refractivity contribution in [3.8, 4) is 5.75 Å². The summed E-state index contributed by atoms with van der Waals surface area (Å²) in [7, 11) is 1.59. The summed E-state index contributed by atoms with van der Waals surface area (Å²) < 4.78 is 10.7. The topological polar surface area (TPSA) is 39.4 Å². The van der Waals surface area contributed by atoms with Gasteiger partial charge < -0.3 is 9.15 Å². The normalized spacial score (nSPS) is 12.3. The highest BCUT2D eigenvalue weighted by Gasteiger charge is 2.17. The van der Waals surface area contributed by atoms with E-state index in [2.05, 4.69) is 6.92 Å². The Morgan fingerprint density at radius 3 is 2.55 bits per heavy atom. The fraction of sp³-hybridized carbons (Fsp3) is 0.211. The van der Waals surface area contributed by atoms with Crippen LogP contribution in [-0.2, 0) is 0 Å². The Morgan fingerprint density at radius 1 is 1.09 bits per heavy atom. The van der Waals surface area contributed by atoms with E-state index in [-0.39, 0.29) is 11.5 Å². The molecule has 0 aliphatic heterocycles. The van der Waals surface area contributed by atoms with Crippen molar-refractivity contribution >= 4 is 11.0 Å². The molecule has 0 saturated heterocycles. The molecule has 0 saturated carbocycles. The predicted molar refractivity (Wildman–Crippen MR) is 87.6 cm³/mol. The summed E-state index contributed by atoms with van der Waals surface area (Å²) in [6.07, 6.45) is 0.844. The summed E-state index contributed by atoms with van der Waals surface area (Å²) in [6.45, 7) is 2.08. The minimum atomic E-state index is -0.281. The highest BCUT2D eigenvalue weighted by atomic mass is 16.5. The third kappa shape index (κ3) is 2.62. The second-order valence-corrected chi connectivity index (χ2v) is 5.26. The molecule has 2 aromatic carbocycles. The van der Waals surface area contributed by atoms with Crippen molar-refractivity contribution in [2.45, 2.75) is 19.3 Å². The fourth-order valence-corrected chi connectivity index (χ4v) is 2.80. The lowest BCUT2D eigenvalue weighted by atomic mass is 9.90. The lowest BCUT2D eigenvalue weighted by molar-refractivity contribution is 0.414. The van der Waals surface area contributed by atoms with Crippen molar-refractivity contribution in [3.63, 3.8) is 0 Å². The van der Waals surface area contributed by atoms with Crippen LogP contribution in [0.4, 0.5) is 0 Å². The summed E-state index contributed by atoms with van der Waals surface area (Å²) in [5, 5.41) is 0.907. The molecular weight excluding hydrogens is 276 g/mol. The van der Waals surface area contributed by atoms with Gasteiger partial charge in [-0.05, 0) is 30.2 Å². The molecule has 0 aliphatic rings. The molecule has 3 nitrogen and oxygen atoms in total. The standard InChI is InChI=1S/C19H18O3/c1-3-16(13-7-5-4-6-8-13)17-11-14-9-10-15(21-2)12-18(14)22-19(17)20/h4-12,16H,3H2,1-2H3.